The SMILES string of the molecule is CCOC1(c2nc(C)c(C)c(N)n2)CCCC1. The van der Waals surface area contributed by atoms with Gasteiger partial charge in [-0.2, -0.15) is 0 Å². The molecule has 94 valence electrons. The first-order valence-electron chi connectivity index (χ1n) is 6.34. The Bertz CT molecular complexity index is 388. The van der Waals surface area contributed by atoms with Crippen molar-refractivity contribution >= 4 is 5.82 Å². The van der Waals surface area contributed by atoms with Crippen molar-refractivity contribution in [3.05, 3.63) is 17.1 Å². The van der Waals surface area contributed by atoms with Crippen LogP contribution in [0.25, 0.3) is 0 Å². The summed E-state index contributed by atoms with van der Waals surface area (Å²) in [4.78, 5) is 9.04. The van der Waals surface area contributed by atoms with E-state index < -0.39 is 0 Å². The van der Waals surface area contributed by atoms with E-state index in [-0.39, 0.29) is 5.60 Å². The molecule has 0 bridgehead atoms. The normalized spacial score (nSPS) is 18.5. The topological polar surface area (TPSA) is 61.0 Å². The van der Waals surface area contributed by atoms with Crippen molar-refractivity contribution in [3.63, 3.8) is 0 Å². The number of hydrogen-bond acceptors (Lipinski definition) is 4. The molecule has 0 aromatic carbocycles. The van der Waals surface area contributed by atoms with Gasteiger partial charge in [-0.1, -0.05) is 0 Å². The molecular weight excluding hydrogens is 214 g/mol. The van der Waals surface area contributed by atoms with E-state index in [0.717, 1.165) is 29.9 Å². The van der Waals surface area contributed by atoms with Crippen LogP contribution in [0, 0.1) is 13.8 Å². The summed E-state index contributed by atoms with van der Waals surface area (Å²) in [6.07, 6.45) is 4.36. The van der Waals surface area contributed by atoms with E-state index in [1.165, 1.54) is 12.8 Å². The Labute approximate surface area is 103 Å². The van der Waals surface area contributed by atoms with Gasteiger partial charge in [-0.15, -0.1) is 0 Å². The Morgan fingerprint density at radius 1 is 1.24 bits per heavy atom. The van der Waals surface area contributed by atoms with Gasteiger partial charge in [0.1, 0.15) is 11.4 Å². The van der Waals surface area contributed by atoms with Crippen LogP contribution in [0.4, 0.5) is 5.82 Å². The molecule has 1 aromatic heterocycles. The molecule has 0 atom stereocenters. The second-order valence-electron chi connectivity index (χ2n) is 4.78. The Hall–Kier alpha value is -1.16. The molecule has 17 heavy (non-hydrogen) atoms. The van der Waals surface area contributed by atoms with Crippen LogP contribution in [0.5, 0.6) is 0 Å². The summed E-state index contributed by atoms with van der Waals surface area (Å²) in [5, 5.41) is 0. The van der Waals surface area contributed by atoms with E-state index in [2.05, 4.69) is 9.97 Å². The van der Waals surface area contributed by atoms with Crippen molar-refractivity contribution in [2.75, 3.05) is 12.3 Å². The summed E-state index contributed by atoms with van der Waals surface area (Å²) >= 11 is 0. The average Bonchev–Trinajstić information content (AvgIpc) is 2.75. The van der Waals surface area contributed by atoms with Crippen LogP contribution in [0.15, 0.2) is 0 Å². The number of nitrogens with zero attached hydrogens (tertiary/aromatic N) is 2. The van der Waals surface area contributed by atoms with Crippen molar-refractivity contribution in [3.8, 4) is 0 Å². The van der Waals surface area contributed by atoms with E-state index in [0.29, 0.717) is 12.4 Å². The lowest BCUT2D eigenvalue weighted by Gasteiger charge is -2.28. The fraction of sp³-hybridized carbons (Fsp3) is 0.692. The van der Waals surface area contributed by atoms with Crippen molar-refractivity contribution in [2.24, 2.45) is 0 Å². The molecule has 2 N–H and O–H groups in total. The standard InChI is InChI=1S/C13H21N3O/c1-4-17-13(7-5-6-8-13)12-15-10(3)9(2)11(14)16-12/h4-8H2,1-3H3,(H2,14,15,16). The number of nitrogen functional groups attached to an aromatic ring is 1. The maximum absolute atomic E-state index is 5.95. The molecule has 0 spiro atoms. The highest BCUT2D eigenvalue weighted by molar-refractivity contribution is 5.41. The van der Waals surface area contributed by atoms with Crippen molar-refractivity contribution in [1.29, 1.82) is 0 Å². The lowest BCUT2D eigenvalue weighted by molar-refractivity contribution is -0.0457. The van der Waals surface area contributed by atoms with Gasteiger partial charge in [0.2, 0.25) is 0 Å². The van der Waals surface area contributed by atoms with Gasteiger partial charge in [0, 0.05) is 17.9 Å². The minimum atomic E-state index is -0.290. The average molecular weight is 235 g/mol. The van der Waals surface area contributed by atoms with Crippen LogP contribution in [-0.2, 0) is 10.3 Å². The van der Waals surface area contributed by atoms with Gasteiger partial charge in [0.25, 0.3) is 0 Å². The molecule has 0 amide bonds. The summed E-state index contributed by atoms with van der Waals surface area (Å²) in [6.45, 7) is 6.64. The molecule has 1 aromatic rings. The molecular formula is C13H21N3O. The maximum atomic E-state index is 5.95. The van der Waals surface area contributed by atoms with E-state index in [9.17, 15) is 0 Å². The number of hydrogen-bond donors (Lipinski definition) is 1. The predicted octanol–water partition coefficient (Wildman–Crippen LogP) is 2.48. The second kappa shape index (κ2) is 4.61. The molecule has 0 radical (unpaired) electrons. The first-order valence-corrected chi connectivity index (χ1v) is 6.34. The van der Waals surface area contributed by atoms with E-state index in [4.69, 9.17) is 10.5 Å². The third-order valence-electron chi connectivity index (χ3n) is 3.67. The van der Waals surface area contributed by atoms with Crippen LogP contribution in [-0.4, -0.2) is 16.6 Å². The smallest absolute Gasteiger partial charge is 0.162 e. The highest BCUT2D eigenvalue weighted by Gasteiger charge is 2.39. The third kappa shape index (κ3) is 2.14. The van der Waals surface area contributed by atoms with Crippen LogP contribution in [0.1, 0.15) is 49.7 Å². The predicted molar refractivity (Wildman–Crippen MR) is 67.7 cm³/mol. The lowest BCUT2D eigenvalue weighted by Crippen LogP contribution is -2.29. The van der Waals surface area contributed by atoms with Crippen LogP contribution in [0.2, 0.25) is 0 Å². The van der Waals surface area contributed by atoms with E-state index in [1.54, 1.807) is 0 Å². The molecule has 0 unspecified atom stereocenters. The van der Waals surface area contributed by atoms with Crippen LogP contribution in [0.3, 0.4) is 0 Å². The minimum Gasteiger partial charge on any atom is -0.383 e. The van der Waals surface area contributed by atoms with Gasteiger partial charge in [-0.25, -0.2) is 9.97 Å². The second-order valence-corrected chi connectivity index (χ2v) is 4.78. The van der Waals surface area contributed by atoms with E-state index >= 15 is 0 Å². The highest BCUT2D eigenvalue weighted by atomic mass is 16.5. The molecule has 2 rings (SSSR count). The lowest BCUT2D eigenvalue weighted by atomic mass is 10.0. The molecule has 1 aliphatic carbocycles. The minimum absolute atomic E-state index is 0.290. The number of aryl methyl sites for hydroxylation is 1. The first kappa shape index (κ1) is 12.3. The van der Waals surface area contributed by atoms with Crippen molar-refractivity contribution in [1.82, 2.24) is 9.97 Å². The Morgan fingerprint density at radius 3 is 2.41 bits per heavy atom. The monoisotopic (exact) mass is 235 g/mol. The number of aromatic nitrogens is 2. The van der Waals surface area contributed by atoms with Gasteiger partial charge in [0.05, 0.1) is 0 Å². The molecule has 0 saturated heterocycles. The maximum Gasteiger partial charge on any atom is 0.162 e. The number of ether oxygens (including phenoxy) is 1. The van der Waals surface area contributed by atoms with Gasteiger partial charge in [-0.3, -0.25) is 0 Å². The van der Waals surface area contributed by atoms with Gasteiger partial charge >= 0.3 is 0 Å². The largest absolute Gasteiger partial charge is 0.383 e. The first-order chi connectivity index (χ1) is 8.09. The molecule has 4 nitrogen and oxygen atoms in total. The van der Waals surface area contributed by atoms with E-state index in [1.807, 2.05) is 20.8 Å². The zero-order valence-corrected chi connectivity index (χ0v) is 10.9. The summed E-state index contributed by atoms with van der Waals surface area (Å²) in [5.74, 6) is 1.36. The molecule has 4 heteroatoms. The number of anilines is 1. The van der Waals surface area contributed by atoms with Crippen LogP contribution >= 0.6 is 0 Å². The summed E-state index contributed by atoms with van der Waals surface area (Å²) in [5.41, 5.74) is 7.57. The van der Waals surface area contributed by atoms with Gasteiger partial charge < -0.3 is 10.5 Å². The number of nitrogens with two attached hydrogens (primary N) is 1. The number of rotatable bonds is 3. The Kier molecular flexibility index (Phi) is 3.33. The molecule has 1 aliphatic rings. The van der Waals surface area contributed by atoms with Crippen LogP contribution < -0.4 is 5.73 Å². The summed E-state index contributed by atoms with van der Waals surface area (Å²) in [6, 6.07) is 0. The summed E-state index contributed by atoms with van der Waals surface area (Å²) in [7, 11) is 0. The molecule has 1 fully saturated rings. The molecule has 0 aliphatic heterocycles. The molecule has 1 saturated carbocycles. The third-order valence-corrected chi connectivity index (χ3v) is 3.67. The fourth-order valence-corrected chi connectivity index (χ4v) is 2.51. The zero-order valence-electron chi connectivity index (χ0n) is 10.9. The Balaban J connectivity index is 2.43. The van der Waals surface area contributed by atoms with Crippen molar-refractivity contribution in [2.45, 2.75) is 52.1 Å². The zero-order chi connectivity index (χ0) is 12.5. The quantitative estimate of drug-likeness (QED) is 0.874. The van der Waals surface area contributed by atoms with Crippen molar-refractivity contribution < 1.29 is 4.74 Å². The van der Waals surface area contributed by atoms with Gasteiger partial charge in [-0.05, 0) is 46.5 Å². The summed E-state index contributed by atoms with van der Waals surface area (Å²) < 4.78 is 5.95. The highest BCUT2D eigenvalue weighted by Crippen LogP contribution is 2.41. The van der Waals surface area contributed by atoms with Gasteiger partial charge in [0.15, 0.2) is 5.82 Å². The Morgan fingerprint density at radius 2 is 1.88 bits per heavy atom. The fourth-order valence-electron chi connectivity index (χ4n) is 2.51. The molecule has 1 heterocycles.